The zero-order chi connectivity index (χ0) is 21.1. The molecule has 160 valence electrons. The number of para-hydroxylation sites is 1. The van der Waals surface area contributed by atoms with Gasteiger partial charge in [0.2, 0.25) is 15.9 Å². The Morgan fingerprint density at radius 3 is 2.43 bits per heavy atom. The molecular formula is C21H24FN3O4S. The Hall–Kier alpha value is -2.49. The molecule has 0 saturated carbocycles. The van der Waals surface area contributed by atoms with Crippen LogP contribution in [0.2, 0.25) is 0 Å². The summed E-state index contributed by atoms with van der Waals surface area (Å²) in [5, 5.41) is 0. The third-order valence-corrected chi connectivity index (χ3v) is 7.37. The number of carbonyl (C=O) groups excluding carboxylic acids is 1. The zero-order valence-corrected chi connectivity index (χ0v) is 17.4. The van der Waals surface area contributed by atoms with Crippen molar-refractivity contribution >= 4 is 15.9 Å². The number of ether oxygens (including phenoxy) is 1. The highest BCUT2D eigenvalue weighted by molar-refractivity contribution is 7.89. The summed E-state index contributed by atoms with van der Waals surface area (Å²) in [6.45, 7) is 2.89. The minimum atomic E-state index is -3.91. The molecule has 1 saturated heterocycles. The first kappa shape index (κ1) is 20.8. The van der Waals surface area contributed by atoms with Gasteiger partial charge in [-0.3, -0.25) is 9.69 Å². The fourth-order valence-electron chi connectivity index (χ4n) is 3.78. The third-order valence-electron chi connectivity index (χ3n) is 5.44. The quantitative estimate of drug-likeness (QED) is 0.732. The topological polar surface area (TPSA) is 70.2 Å². The summed E-state index contributed by atoms with van der Waals surface area (Å²) in [6, 6.07) is 13.1. The lowest BCUT2D eigenvalue weighted by atomic mass is 10.2. The summed E-state index contributed by atoms with van der Waals surface area (Å²) in [5.41, 5.74) is 1.05. The number of nitrogens with zero attached hydrogens (tertiary/aromatic N) is 3. The molecule has 7 nitrogen and oxygen atoms in total. The second-order valence-corrected chi connectivity index (χ2v) is 9.29. The molecule has 30 heavy (non-hydrogen) atoms. The molecule has 2 aliphatic heterocycles. The molecule has 4 rings (SSSR count). The fourth-order valence-corrected chi connectivity index (χ4v) is 5.26. The number of amides is 1. The average molecular weight is 434 g/mol. The van der Waals surface area contributed by atoms with Gasteiger partial charge >= 0.3 is 0 Å². The van der Waals surface area contributed by atoms with Crippen LogP contribution in [0.3, 0.4) is 0 Å². The maximum atomic E-state index is 14.0. The summed E-state index contributed by atoms with van der Waals surface area (Å²) < 4.78 is 46.4. The van der Waals surface area contributed by atoms with Gasteiger partial charge in [-0.1, -0.05) is 30.3 Å². The van der Waals surface area contributed by atoms with Crippen molar-refractivity contribution in [3.63, 3.8) is 0 Å². The smallest absolute Gasteiger partial charge is 0.246 e. The highest BCUT2D eigenvalue weighted by atomic mass is 32.2. The van der Waals surface area contributed by atoms with Crippen molar-refractivity contribution in [2.45, 2.75) is 11.4 Å². The Bertz CT molecular complexity index is 1020. The average Bonchev–Trinajstić information content (AvgIpc) is 2.95. The predicted molar refractivity (Wildman–Crippen MR) is 109 cm³/mol. The van der Waals surface area contributed by atoms with Crippen molar-refractivity contribution in [1.82, 2.24) is 14.1 Å². The van der Waals surface area contributed by atoms with Crippen LogP contribution in [0, 0.1) is 5.82 Å². The van der Waals surface area contributed by atoms with Crippen molar-refractivity contribution in [2.75, 3.05) is 45.9 Å². The third kappa shape index (κ3) is 4.33. The fraction of sp³-hybridized carbons (Fsp3) is 0.381. The van der Waals surface area contributed by atoms with Crippen LogP contribution < -0.4 is 4.74 Å². The molecule has 2 aromatic rings. The number of sulfonamides is 1. The van der Waals surface area contributed by atoms with Gasteiger partial charge in [-0.2, -0.15) is 4.31 Å². The summed E-state index contributed by atoms with van der Waals surface area (Å²) in [6.07, 6.45) is 0. The van der Waals surface area contributed by atoms with Crippen molar-refractivity contribution in [1.29, 1.82) is 0 Å². The van der Waals surface area contributed by atoms with Gasteiger partial charge in [0, 0.05) is 44.8 Å². The van der Waals surface area contributed by atoms with E-state index in [0.29, 0.717) is 19.7 Å². The molecule has 9 heteroatoms. The van der Waals surface area contributed by atoms with E-state index >= 15 is 0 Å². The lowest BCUT2D eigenvalue weighted by Crippen LogP contribution is -2.52. The maximum absolute atomic E-state index is 14.0. The van der Waals surface area contributed by atoms with Crippen LogP contribution in [-0.2, 0) is 21.4 Å². The molecule has 1 fully saturated rings. The van der Waals surface area contributed by atoms with Crippen molar-refractivity contribution in [3.05, 3.63) is 59.9 Å². The molecule has 0 N–H and O–H groups in total. The first-order chi connectivity index (χ1) is 14.4. The second-order valence-electron chi connectivity index (χ2n) is 7.38. The highest BCUT2D eigenvalue weighted by Crippen LogP contribution is 2.23. The normalized spacial score (nSPS) is 18.4. The van der Waals surface area contributed by atoms with Gasteiger partial charge in [-0.15, -0.1) is 0 Å². The van der Waals surface area contributed by atoms with Gasteiger partial charge in [0.15, 0.2) is 0 Å². The Balaban J connectivity index is 1.35. The van der Waals surface area contributed by atoms with E-state index in [1.54, 1.807) is 4.90 Å². The maximum Gasteiger partial charge on any atom is 0.246 e. The van der Waals surface area contributed by atoms with Gasteiger partial charge in [0.05, 0.1) is 6.54 Å². The van der Waals surface area contributed by atoms with Gasteiger partial charge in [-0.05, 0) is 18.2 Å². The van der Waals surface area contributed by atoms with Crippen molar-refractivity contribution in [3.8, 4) is 5.75 Å². The molecule has 2 aliphatic rings. The van der Waals surface area contributed by atoms with Crippen molar-refractivity contribution < 1.29 is 22.3 Å². The zero-order valence-electron chi connectivity index (χ0n) is 16.5. The van der Waals surface area contributed by atoms with E-state index in [1.807, 2.05) is 29.2 Å². The largest absolute Gasteiger partial charge is 0.492 e. The van der Waals surface area contributed by atoms with Crippen LogP contribution in [0.4, 0.5) is 4.39 Å². The molecular weight excluding hydrogens is 409 g/mol. The summed E-state index contributed by atoms with van der Waals surface area (Å²) >= 11 is 0. The minimum absolute atomic E-state index is 0.0441. The van der Waals surface area contributed by atoms with Crippen LogP contribution in [0.15, 0.2) is 53.4 Å². The number of piperazine rings is 1. The second kappa shape index (κ2) is 8.71. The number of carbonyl (C=O) groups is 1. The molecule has 1 amide bonds. The minimum Gasteiger partial charge on any atom is -0.492 e. The predicted octanol–water partition coefficient (Wildman–Crippen LogP) is 1.55. The van der Waals surface area contributed by atoms with E-state index in [0.717, 1.165) is 17.4 Å². The number of fused-ring (bicyclic) bond motifs is 1. The van der Waals surface area contributed by atoms with E-state index in [9.17, 15) is 17.6 Å². The van der Waals surface area contributed by atoms with Crippen molar-refractivity contribution in [2.24, 2.45) is 0 Å². The Kier molecular flexibility index (Phi) is 6.03. The lowest BCUT2D eigenvalue weighted by Gasteiger charge is -2.35. The Morgan fingerprint density at radius 1 is 0.967 bits per heavy atom. The number of halogens is 1. The molecule has 0 unspecified atom stereocenters. The molecule has 0 aromatic heterocycles. The van der Waals surface area contributed by atoms with Crippen LogP contribution in [0.5, 0.6) is 5.75 Å². The summed E-state index contributed by atoms with van der Waals surface area (Å²) in [4.78, 5) is 16.2. The van der Waals surface area contributed by atoms with Crippen LogP contribution >= 0.6 is 0 Å². The van der Waals surface area contributed by atoms with Gasteiger partial charge in [0.25, 0.3) is 0 Å². The van der Waals surface area contributed by atoms with E-state index in [2.05, 4.69) is 0 Å². The number of benzene rings is 2. The molecule has 0 bridgehead atoms. The number of rotatable bonds is 4. The molecule has 0 spiro atoms. The Labute approximate surface area is 175 Å². The standard InChI is InChI=1S/C21H24FN3O4S/c22-18-6-2-4-8-20(18)30(27,28)25-11-9-24(10-12-25)21(26)16-23-13-14-29-19-7-3-1-5-17(19)15-23/h1-8H,9-16H2. The van der Waals surface area contributed by atoms with Crippen LogP contribution in [0.25, 0.3) is 0 Å². The van der Waals surface area contributed by atoms with E-state index in [-0.39, 0.29) is 43.5 Å². The summed E-state index contributed by atoms with van der Waals surface area (Å²) in [5.74, 6) is 0.0383. The molecule has 0 radical (unpaired) electrons. The molecule has 2 heterocycles. The van der Waals surface area contributed by atoms with Gasteiger partial charge < -0.3 is 9.64 Å². The van der Waals surface area contributed by atoms with E-state index in [4.69, 9.17) is 4.74 Å². The first-order valence-electron chi connectivity index (χ1n) is 9.90. The van der Waals surface area contributed by atoms with Gasteiger partial charge in [-0.25, -0.2) is 12.8 Å². The van der Waals surface area contributed by atoms with Crippen LogP contribution in [-0.4, -0.2) is 74.3 Å². The monoisotopic (exact) mass is 433 g/mol. The lowest BCUT2D eigenvalue weighted by molar-refractivity contribution is -0.133. The molecule has 0 atom stereocenters. The van der Waals surface area contributed by atoms with Gasteiger partial charge in [0.1, 0.15) is 23.1 Å². The number of hydrogen-bond acceptors (Lipinski definition) is 5. The SMILES string of the molecule is O=C(CN1CCOc2ccccc2C1)N1CCN(S(=O)(=O)c2ccccc2F)CC1. The number of hydrogen-bond donors (Lipinski definition) is 0. The molecule has 2 aromatic carbocycles. The van der Waals surface area contributed by atoms with E-state index < -0.39 is 15.8 Å². The van der Waals surface area contributed by atoms with E-state index in [1.165, 1.54) is 22.5 Å². The molecule has 0 aliphatic carbocycles. The van der Waals surface area contributed by atoms with Crippen LogP contribution in [0.1, 0.15) is 5.56 Å². The first-order valence-corrected chi connectivity index (χ1v) is 11.3. The Morgan fingerprint density at radius 2 is 1.67 bits per heavy atom. The summed E-state index contributed by atoms with van der Waals surface area (Å²) in [7, 11) is -3.91. The highest BCUT2D eigenvalue weighted by Gasteiger charge is 2.32.